The van der Waals surface area contributed by atoms with Gasteiger partial charge in [0, 0.05) is 17.2 Å². The molecular weight excluding hydrogens is 318 g/mol. The zero-order chi connectivity index (χ0) is 16.8. The molecule has 0 unspecified atom stereocenters. The summed E-state index contributed by atoms with van der Waals surface area (Å²) in [5.41, 5.74) is 0.596. The molecule has 0 aromatic carbocycles. The molecule has 23 heavy (non-hydrogen) atoms. The van der Waals surface area contributed by atoms with Crippen LogP contribution < -0.4 is 9.46 Å². The van der Waals surface area contributed by atoms with Crippen molar-refractivity contribution in [3.05, 3.63) is 23.8 Å². The highest BCUT2D eigenvalue weighted by Gasteiger charge is 2.33. The molecule has 3 heterocycles. The summed E-state index contributed by atoms with van der Waals surface area (Å²) in [6, 6.07) is 1.57. The Hall–Kier alpha value is -2.16. The molecule has 0 bridgehead atoms. The van der Waals surface area contributed by atoms with E-state index in [2.05, 4.69) is 19.8 Å². The molecule has 0 saturated carbocycles. The van der Waals surface area contributed by atoms with Crippen molar-refractivity contribution in [3.8, 4) is 5.88 Å². The Bertz CT molecular complexity index is 837. The lowest BCUT2D eigenvalue weighted by molar-refractivity contribution is 0.0971. The van der Waals surface area contributed by atoms with Crippen molar-refractivity contribution in [2.45, 2.75) is 39.1 Å². The van der Waals surface area contributed by atoms with Gasteiger partial charge in [-0.2, -0.15) is 5.10 Å². The molecule has 0 aliphatic carbocycles. The Kier molecular flexibility index (Phi) is 3.55. The number of aryl methyl sites for hydroxylation is 2. The van der Waals surface area contributed by atoms with E-state index < -0.39 is 10.0 Å². The number of fused-ring (bicyclic) bond motifs is 1. The highest BCUT2D eigenvalue weighted by atomic mass is 32.2. The molecule has 124 valence electrons. The lowest BCUT2D eigenvalue weighted by Gasteiger charge is -2.30. The topological polar surface area (TPSA) is 99.0 Å². The van der Waals surface area contributed by atoms with Gasteiger partial charge in [0.2, 0.25) is 5.88 Å². The molecule has 3 rings (SSSR count). The van der Waals surface area contributed by atoms with Crippen molar-refractivity contribution in [1.29, 1.82) is 0 Å². The Balaban J connectivity index is 1.94. The van der Waals surface area contributed by atoms with Crippen LogP contribution in [0.15, 0.2) is 17.2 Å². The van der Waals surface area contributed by atoms with E-state index in [0.717, 1.165) is 0 Å². The van der Waals surface area contributed by atoms with Gasteiger partial charge in [-0.15, -0.1) is 0 Å². The maximum Gasteiger partial charge on any atom is 0.270 e. The summed E-state index contributed by atoms with van der Waals surface area (Å²) in [5, 5.41) is 4.14. The first kappa shape index (κ1) is 15.7. The van der Waals surface area contributed by atoms with Crippen LogP contribution in [0.2, 0.25) is 0 Å². The smallest absolute Gasteiger partial charge is 0.270 e. The summed E-state index contributed by atoms with van der Waals surface area (Å²) in [6.45, 7) is 8.60. The molecule has 1 aliphatic heterocycles. The molecule has 0 amide bonds. The number of rotatable bonds is 3. The van der Waals surface area contributed by atoms with Crippen LogP contribution in [0.3, 0.4) is 0 Å². The second-order valence-electron chi connectivity index (χ2n) is 6.47. The quantitative estimate of drug-likeness (QED) is 0.911. The minimum Gasteiger partial charge on any atom is -0.476 e. The second kappa shape index (κ2) is 5.19. The van der Waals surface area contributed by atoms with Gasteiger partial charge in [-0.05, 0) is 13.8 Å². The van der Waals surface area contributed by atoms with E-state index in [4.69, 9.17) is 4.74 Å². The van der Waals surface area contributed by atoms with Crippen molar-refractivity contribution in [2.24, 2.45) is 5.41 Å². The number of hydrogen-bond donors (Lipinski definition) is 1. The molecule has 0 saturated heterocycles. The van der Waals surface area contributed by atoms with E-state index in [1.165, 1.54) is 6.20 Å². The lowest BCUT2D eigenvalue weighted by Crippen LogP contribution is -2.33. The number of nitrogens with zero attached hydrogens (tertiary/aromatic N) is 4. The first-order chi connectivity index (χ1) is 10.7. The van der Waals surface area contributed by atoms with Crippen LogP contribution in [0.1, 0.15) is 25.4 Å². The van der Waals surface area contributed by atoms with Crippen LogP contribution in [0.4, 0.5) is 5.82 Å². The van der Waals surface area contributed by atoms with Crippen LogP contribution in [0.5, 0.6) is 5.88 Å². The summed E-state index contributed by atoms with van der Waals surface area (Å²) in [4.78, 5) is 8.24. The zero-order valence-electron chi connectivity index (χ0n) is 13.5. The maximum atomic E-state index is 12.6. The molecule has 8 nitrogen and oxygen atoms in total. The van der Waals surface area contributed by atoms with Crippen LogP contribution in [-0.4, -0.2) is 34.8 Å². The van der Waals surface area contributed by atoms with Gasteiger partial charge in [-0.3, -0.25) is 4.72 Å². The average Bonchev–Trinajstić information content (AvgIpc) is 2.78. The number of ether oxygens (including phenoxy) is 1. The minimum absolute atomic E-state index is 0.0157. The largest absolute Gasteiger partial charge is 0.476 e. The fraction of sp³-hybridized carbons (Fsp3) is 0.500. The van der Waals surface area contributed by atoms with E-state index in [0.29, 0.717) is 24.7 Å². The molecule has 1 aliphatic rings. The molecule has 1 N–H and O–H groups in total. The third kappa shape index (κ3) is 3.14. The van der Waals surface area contributed by atoms with Gasteiger partial charge in [-0.1, -0.05) is 13.8 Å². The average molecular weight is 337 g/mol. The second-order valence-corrected chi connectivity index (χ2v) is 8.12. The highest BCUT2D eigenvalue weighted by molar-refractivity contribution is 7.92. The first-order valence-corrected chi connectivity index (χ1v) is 8.68. The minimum atomic E-state index is -3.83. The van der Waals surface area contributed by atoms with Gasteiger partial charge in [0.05, 0.1) is 19.3 Å². The summed E-state index contributed by atoms with van der Waals surface area (Å²) < 4.78 is 34.9. The fourth-order valence-corrected chi connectivity index (χ4v) is 3.55. The molecule has 0 spiro atoms. The third-order valence-electron chi connectivity index (χ3n) is 3.43. The van der Waals surface area contributed by atoms with E-state index in [9.17, 15) is 8.42 Å². The van der Waals surface area contributed by atoms with Crippen molar-refractivity contribution in [1.82, 2.24) is 19.7 Å². The van der Waals surface area contributed by atoms with E-state index in [1.54, 1.807) is 24.6 Å². The van der Waals surface area contributed by atoms with Gasteiger partial charge in [0.1, 0.15) is 11.6 Å². The summed E-state index contributed by atoms with van der Waals surface area (Å²) in [7, 11) is -3.83. The fourth-order valence-electron chi connectivity index (χ4n) is 2.48. The Morgan fingerprint density at radius 3 is 2.74 bits per heavy atom. The van der Waals surface area contributed by atoms with Crippen LogP contribution in [0.25, 0.3) is 0 Å². The summed E-state index contributed by atoms with van der Waals surface area (Å²) in [6.07, 6.45) is 1.31. The number of aromatic nitrogens is 4. The summed E-state index contributed by atoms with van der Waals surface area (Å²) >= 11 is 0. The van der Waals surface area contributed by atoms with Gasteiger partial charge in [0.15, 0.2) is 4.90 Å². The third-order valence-corrected chi connectivity index (χ3v) is 4.77. The Morgan fingerprint density at radius 2 is 2.04 bits per heavy atom. The van der Waals surface area contributed by atoms with Gasteiger partial charge in [-0.25, -0.2) is 23.1 Å². The molecule has 2 aromatic rings. The number of anilines is 1. The van der Waals surface area contributed by atoms with Crippen molar-refractivity contribution in [3.63, 3.8) is 0 Å². The molecule has 0 radical (unpaired) electrons. The van der Waals surface area contributed by atoms with Crippen molar-refractivity contribution in [2.75, 3.05) is 11.3 Å². The first-order valence-electron chi connectivity index (χ1n) is 7.20. The Morgan fingerprint density at radius 1 is 1.30 bits per heavy atom. The van der Waals surface area contributed by atoms with Gasteiger partial charge < -0.3 is 4.74 Å². The van der Waals surface area contributed by atoms with Crippen molar-refractivity contribution < 1.29 is 13.2 Å². The lowest BCUT2D eigenvalue weighted by atomic mass is 9.94. The predicted octanol–water partition coefficient (Wildman–Crippen LogP) is 1.51. The SMILES string of the molecule is Cc1cc(NS(=O)(=O)c2cnn3c2OCC(C)(C)C3)nc(C)n1. The van der Waals surface area contributed by atoms with Crippen LogP contribution in [-0.2, 0) is 16.6 Å². The van der Waals surface area contributed by atoms with Crippen LogP contribution in [0, 0.1) is 19.3 Å². The molecular formula is C14H19N5O3S. The monoisotopic (exact) mass is 337 g/mol. The van der Waals surface area contributed by atoms with Gasteiger partial charge >= 0.3 is 0 Å². The predicted molar refractivity (Wildman–Crippen MR) is 83.8 cm³/mol. The maximum absolute atomic E-state index is 12.6. The normalized spacial score (nSPS) is 16.5. The molecule has 0 fully saturated rings. The molecule has 2 aromatic heterocycles. The van der Waals surface area contributed by atoms with Crippen molar-refractivity contribution >= 4 is 15.8 Å². The zero-order valence-corrected chi connectivity index (χ0v) is 14.3. The van der Waals surface area contributed by atoms with Crippen LogP contribution >= 0.6 is 0 Å². The summed E-state index contributed by atoms with van der Waals surface area (Å²) in [5.74, 6) is 0.989. The molecule has 0 atom stereocenters. The standard InChI is InChI=1S/C14H19N5O3S/c1-9-5-12(17-10(2)16-9)18-23(20,21)11-6-15-19-7-14(3,4)8-22-13(11)19/h5-6H,7-8H2,1-4H3,(H,16,17,18). The van der Waals surface area contributed by atoms with E-state index >= 15 is 0 Å². The highest BCUT2D eigenvalue weighted by Crippen LogP contribution is 2.33. The number of hydrogen-bond acceptors (Lipinski definition) is 6. The number of sulfonamides is 1. The number of nitrogens with one attached hydrogen (secondary N) is 1. The van der Waals surface area contributed by atoms with Gasteiger partial charge in [0.25, 0.3) is 10.0 Å². The molecule has 9 heteroatoms. The van der Waals surface area contributed by atoms with E-state index in [1.807, 2.05) is 13.8 Å². The van der Waals surface area contributed by atoms with E-state index in [-0.39, 0.29) is 22.0 Å². The Labute approximate surface area is 135 Å².